The maximum absolute atomic E-state index is 11.6. The van der Waals surface area contributed by atoms with Crippen LogP contribution in [0.15, 0.2) is 4.99 Å². The van der Waals surface area contributed by atoms with Gasteiger partial charge < -0.3 is 19.9 Å². The largest absolute Gasteiger partial charge is 0.469 e. The number of piperidine rings is 1. The molecule has 0 aromatic heterocycles. The standard InChI is InChI=1S/C18H36N4O2.HI/c1-6-19-18(20-11-7-8-12-21(4)15(2)3)22-13-9-16(10-14-22)17(23)24-5;/h15-16H,6-14H2,1-5H3,(H,19,20);1H. The molecule has 0 aromatic carbocycles. The van der Waals surface area contributed by atoms with Gasteiger partial charge in [0.15, 0.2) is 5.96 Å². The smallest absolute Gasteiger partial charge is 0.308 e. The van der Waals surface area contributed by atoms with E-state index in [1.54, 1.807) is 0 Å². The molecule has 0 aliphatic carbocycles. The van der Waals surface area contributed by atoms with Crippen molar-refractivity contribution in [1.82, 2.24) is 15.1 Å². The Bertz CT molecular complexity index is 397. The zero-order valence-electron chi connectivity index (χ0n) is 16.6. The van der Waals surface area contributed by atoms with Crippen LogP contribution in [0.5, 0.6) is 0 Å². The zero-order chi connectivity index (χ0) is 17.9. The number of halogens is 1. The highest BCUT2D eigenvalue weighted by Gasteiger charge is 2.26. The summed E-state index contributed by atoms with van der Waals surface area (Å²) in [5.41, 5.74) is 0. The molecule has 1 fully saturated rings. The van der Waals surface area contributed by atoms with Crippen LogP contribution in [-0.2, 0) is 9.53 Å². The van der Waals surface area contributed by atoms with Gasteiger partial charge >= 0.3 is 5.97 Å². The van der Waals surface area contributed by atoms with Crippen LogP contribution in [0.1, 0.15) is 46.5 Å². The van der Waals surface area contributed by atoms with Gasteiger partial charge in [0.1, 0.15) is 0 Å². The number of hydrogen-bond donors (Lipinski definition) is 1. The first-order valence-electron chi connectivity index (χ1n) is 9.30. The van der Waals surface area contributed by atoms with Crippen molar-refractivity contribution in [3.05, 3.63) is 0 Å². The summed E-state index contributed by atoms with van der Waals surface area (Å²) in [7, 11) is 3.64. The molecule has 1 aliphatic rings. The van der Waals surface area contributed by atoms with Gasteiger partial charge in [-0.15, -0.1) is 24.0 Å². The number of nitrogens with zero attached hydrogens (tertiary/aromatic N) is 3. The van der Waals surface area contributed by atoms with E-state index in [2.05, 4.69) is 42.9 Å². The van der Waals surface area contributed by atoms with E-state index in [9.17, 15) is 4.79 Å². The minimum Gasteiger partial charge on any atom is -0.469 e. The zero-order valence-corrected chi connectivity index (χ0v) is 18.9. The number of unbranched alkanes of at least 4 members (excludes halogenated alkanes) is 1. The van der Waals surface area contributed by atoms with Gasteiger partial charge in [-0.25, -0.2) is 0 Å². The molecule has 0 radical (unpaired) electrons. The molecule has 1 rings (SSSR count). The van der Waals surface area contributed by atoms with Crippen molar-refractivity contribution in [2.45, 2.75) is 52.5 Å². The number of carbonyl (C=O) groups is 1. The van der Waals surface area contributed by atoms with Gasteiger partial charge in [-0.2, -0.15) is 0 Å². The summed E-state index contributed by atoms with van der Waals surface area (Å²) in [6, 6.07) is 0.599. The Labute approximate surface area is 170 Å². The third kappa shape index (κ3) is 9.08. The summed E-state index contributed by atoms with van der Waals surface area (Å²) >= 11 is 0. The highest BCUT2D eigenvalue weighted by Crippen LogP contribution is 2.18. The van der Waals surface area contributed by atoms with E-state index in [1.165, 1.54) is 13.5 Å². The Morgan fingerprint density at radius 3 is 2.48 bits per heavy atom. The highest BCUT2D eigenvalue weighted by atomic mass is 127. The maximum atomic E-state index is 11.6. The molecule has 0 saturated carbocycles. The lowest BCUT2D eigenvalue weighted by molar-refractivity contribution is -0.146. The number of aliphatic imine (C=N–C) groups is 1. The van der Waals surface area contributed by atoms with Gasteiger partial charge in [-0.05, 0) is 60.0 Å². The minimum absolute atomic E-state index is 0. The minimum atomic E-state index is -0.0779. The Balaban J connectivity index is 0.00000576. The van der Waals surface area contributed by atoms with Crippen LogP contribution in [0, 0.1) is 5.92 Å². The summed E-state index contributed by atoms with van der Waals surface area (Å²) in [6.45, 7) is 11.1. The molecular weight excluding hydrogens is 431 g/mol. The first kappa shape index (κ1) is 24.4. The van der Waals surface area contributed by atoms with Crippen molar-refractivity contribution in [2.75, 3.05) is 46.9 Å². The lowest BCUT2D eigenvalue weighted by atomic mass is 9.97. The molecule has 25 heavy (non-hydrogen) atoms. The molecule has 0 unspecified atom stereocenters. The fourth-order valence-electron chi connectivity index (χ4n) is 2.84. The van der Waals surface area contributed by atoms with Gasteiger partial charge in [0, 0.05) is 32.2 Å². The molecule has 0 amide bonds. The molecule has 0 aromatic rings. The number of likely N-dealkylation sites (tertiary alicyclic amines) is 1. The molecule has 148 valence electrons. The van der Waals surface area contributed by atoms with E-state index in [0.29, 0.717) is 6.04 Å². The summed E-state index contributed by atoms with van der Waals surface area (Å²) in [5, 5.41) is 3.38. The summed E-state index contributed by atoms with van der Waals surface area (Å²) < 4.78 is 4.85. The molecule has 7 heteroatoms. The molecule has 1 aliphatic heterocycles. The third-order valence-corrected chi connectivity index (χ3v) is 4.73. The molecule has 0 atom stereocenters. The SMILES string of the molecule is CCNC(=NCCCCN(C)C(C)C)N1CCC(C(=O)OC)CC1.I. The highest BCUT2D eigenvalue weighted by molar-refractivity contribution is 14.0. The number of guanidine groups is 1. The molecular formula is C18H37IN4O2. The van der Waals surface area contributed by atoms with Crippen molar-refractivity contribution in [3.8, 4) is 0 Å². The first-order chi connectivity index (χ1) is 11.5. The number of esters is 1. The van der Waals surface area contributed by atoms with Crippen LogP contribution in [-0.4, -0.2) is 74.7 Å². The molecule has 6 nitrogen and oxygen atoms in total. The normalized spacial score (nSPS) is 16.1. The average molecular weight is 468 g/mol. The molecule has 1 heterocycles. The number of carbonyl (C=O) groups excluding carboxylic acids is 1. The second kappa shape index (κ2) is 13.6. The average Bonchev–Trinajstić information content (AvgIpc) is 2.59. The van der Waals surface area contributed by atoms with Gasteiger partial charge in [-0.3, -0.25) is 9.79 Å². The van der Waals surface area contributed by atoms with Crippen LogP contribution in [0.2, 0.25) is 0 Å². The second-order valence-corrected chi connectivity index (χ2v) is 6.80. The van der Waals surface area contributed by atoms with Gasteiger partial charge in [0.05, 0.1) is 13.0 Å². The van der Waals surface area contributed by atoms with E-state index in [1.807, 2.05) is 0 Å². The summed E-state index contributed by atoms with van der Waals surface area (Å²) in [5.74, 6) is 0.949. The monoisotopic (exact) mass is 468 g/mol. The number of methoxy groups -OCH3 is 1. The van der Waals surface area contributed by atoms with Crippen LogP contribution < -0.4 is 5.32 Å². The number of nitrogens with one attached hydrogen (secondary N) is 1. The van der Waals surface area contributed by atoms with E-state index in [-0.39, 0.29) is 35.9 Å². The lowest BCUT2D eigenvalue weighted by Crippen LogP contribution is -2.46. The molecule has 1 saturated heterocycles. The van der Waals surface area contributed by atoms with Crippen molar-refractivity contribution in [2.24, 2.45) is 10.9 Å². The Morgan fingerprint density at radius 2 is 1.96 bits per heavy atom. The van der Waals surface area contributed by atoms with Crippen LogP contribution in [0.3, 0.4) is 0 Å². The van der Waals surface area contributed by atoms with E-state index < -0.39 is 0 Å². The Kier molecular flexibility index (Phi) is 13.3. The second-order valence-electron chi connectivity index (χ2n) is 6.80. The third-order valence-electron chi connectivity index (χ3n) is 4.73. The maximum Gasteiger partial charge on any atom is 0.308 e. The van der Waals surface area contributed by atoms with Crippen molar-refractivity contribution < 1.29 is 9.53 Å². The quantitative estimate of drug-likeness (QED) is 0.195. The van der Waals surface area contributed by atoms with Crippen LogP contribution in [0.25, 0.3) is 0 Å². The predicted octanol–water partition coefficient (Wildman–Crippen LogP) is 2.58. The summed E-state index contributed by atoms with van der Waals surface area (Å²) in [4.78, 5) is 21.0. The first-order valence-corrected chi connectivity index (χ1v) is 9.30. The number of ether oxygens (including phenoxy) is 1. The van der Waals surface area contributed by atoms with Crippen molar-refractivity contribution in [1.29, 1.82) is 0 Å². The van der Waals surface area contributed by atoms with Crippen LogP contribution >= 0.6 is 24.0 Å². The predicted molar refractivity (Wildman–Crippen MR) is 115 cm³/mol. The van der Waals surface area contributed by atoms with Crippen molar-refractivity contribution >= 4 is 35.9 Å². The van der Waals surface area contributed by atoms with Crippen molar-refractivity contribution in [3.63, 3.8) is 0 Å². The fraction of sp³-hybridized carbons (Fsp3) is 0.889. The van der Waals surface area contributed by atoms with E-state index in [0.717, 1.165) is 57.9 Å². The van der Waals surface area contributed by atoms with Crippen LogP contribution in [0.4, 0.5) is 0 Å². The van der Waals surface area contributed by atoms with Gasteiger partial charge in [-0.1, -0.05) is 0 Å². The van der Waals surface area contributed by atoms with E-state index in [4.69, 9.17) is 9.73 Å². The lowest BCUT2D eigenvalue weighted by Gasteiger charge is -2.33. The molecule has 1 N–H and O–H groups in total. The van der Waals surface area contributed by atoms with Gasteiger partial charge in [0.2, 0.25) is 0 Å². The Morgan fingerprint density at radius 1 is 1.32 bits per heavy atom. The molecule has 0 bridgehead atoms. The Hall–Kier alpha value is -0.570. The number of hydrogen-bond acceptors (Lipinski definition) is 4. The topological polar surface area (TPSA) is 57.2 Å². The van der Waals surface area contributed by atoms with E-state index >= 15 is 0 Å². The van der Waals surface area contributed by atoms with Gasteiger partial charge in [0.25, 0.3) is 0 Å². The number of rotatable bonds is 8. The summed E-state index contributed by atoms with van der Waals surface area (Å²) in [6.07, 6.45) is 3.96. The molecule has 0 spiro atoms. The fourth-order valence-corrected chi connectivity index (χ4v) is 2.84.